The van der Waals surface area contributed by atoms with Gasteiger partial charge in [-0.3, -0.25) is 4.79 Å². The number of benzene rings is 2. The fourth-order valence-corrected chi connectivity index (χ4v) is 5.35. The smallest absolute Gasteiger partial charge is 0.227 e. The summed E-state index contributed by atoms with van der Waals surface area (Å²) in [6, 6.07) is 15.3. The van der Waals surface area contributed by atoms with Crippen LogP contribution in [0.4, 0.5) is 5.95 Å². The number of nitrogens with one attached hydrogen (secondary N) is 1. The molecule has 1 aliphatic heterocycles. The van der Waals surface area contributed by atoms with E-state index in [1.165, 1.54) is 11.8 Å². The normalized spacial score (nSPS) is 17.6. The van der Waals surface area contributed by atoms with Gasteiger partial charge in [0.2, 0.25) is 11.1 Å². The summed E-state index contributed by atoms with van der Waals surface area (Å²) in [6.07, 6.45) is 2.21. The van der Waals surface area contributed by atoms with Crippen LogP contribution in [-0.2, 0) is 10.5 Å². The number of hydrogen-bond donors (Lipinski definition) is 1. The summed E-state index contributed by atoms with van der Waals surface area (Å²) in [7, 11) is 0. The minimum absolute atomic E-state index is 0.154. The van der Waals surface area contributed by atoms with Crippen LogP contribution >= 0.6 is 23.4 Å². The first-order valence-electron chi connectivity index (χ1n) is 10.7. The highest BCUT2D eigenvalue weighted by Gasteiger charge is 2.38. The quantitative estimate of drug-likeness (QED) is 0.474. The van der Waals surface area contributed by atoms with Crippen molar-refractivity contribution in [1.82, 2.24) is 14.8 Å². The number of hydrogen-bond acceptors (Lipinski definition) is 6. The molecule has 164 valence electrons. The van der Waals surface area contributed by atoms with Crippen LogP contribution in [0.25, 0.3) is 0 Å². The molecule has 0 spiro atoms. The first kappa shape index (κ1) is 21.1. The summed E-state index contributed by atoms with van der Waals surface area (Å²) in [4.78, 5) is 17.8. The molecule has 1 N–H and O–H groups in total. The summed E-state index contributed by atoms with van der Waals surface area (Å²) in [5, 5.41) is 9.55. The van der Waals surface area contributed by atoms with E-state index in [1.807, 2.05) is 60.1 Å². The summed E-state index contributed by atoms with van der Waals surface area (Å²) < 4.78 is 7.74. The highest BCUT2D eigenvalue weighted by molar-refractivity contribution is 7.98. The SMILES string of the molecule is CCOc1ccccc1[C@@H]1C2=C(CCCC2=O)Nc2nc(SCc3ccccc3Cl)nn21. The molecule has 1 atom stereocenters. The molecular weight excluding hydrogens is 444 g/mol. The Bertz CT molecular complexity index is 1210. The van der Waals surface area contributed by atoms with E-state index in [0.29, 0.717) is 29.9 Å². The van der Waals surface area contributed by atoms with Gasteiger partial charge in [-0.2, -0.15) is 4.98 Å². The van der Waals surface area contributed by atoms with Gasteiger partial charge in [0.15, 0.2) is 5.78 Å². The minimum Gasteiger partial charge on any atom is -0.494 e. The number of nitrogens with zero attached hydrogens (tertiary/aromatic N) is 3. The van der Waals surface area contributed by atoms with Crippen LogP contribution < -0.4 is 10.1 Å². The lowest BCUT2D eigenvalue weighted by molar-refractivity contribution is -0.116. The number of ketones is 1. The van der Waals surface area contributed by atoms with Gasteiger partial charge in [-0.05, 0) is 37.5 Å². The molecule has 32 heavy (non-hydrogen) atoms. The molecule has 2 aliphatic rings. The van der Waals surface area contributed by atoms with Crippen molar-refractivity contribution in [3.05, 3.63) is 76.0 Å². The molecule has 1 aliphatic carbocycles. The van der Waals surface area contributed by atoms with Crippen LogP contribution in [0.5, 0.6) is 5.75 Å². The number of aromatic nitrogens is 3. The van der Waals surface area contributed by atoms with E-state index in [2.05, 4.69) is 5.32 Å². The molecule has 5 rings (SSSR count). The number of allylic oxidation sites excluding steroid dienone is 2. The molecule has 1 aromatic heterocycles. The molecule has 8 heteroatoms. The molecule has 2 aromatic carbocycles. The summed E-state index contributed by atoms with van der Waals surface area (Å²) in [5.74, 6) is 2.23. The Morgan fingerprint density at radius 2 is 2.00 bits per heavy atom. The Balaban J connectivity index is 1.54. The maximum Gasteiger partial charge on any atom is 0.227 e. The van der Waals surface area contributed by atoms with E-state index in [0.717, 1.165) is 46.0 Å². The molecule has 2 heterocycles. The Morgan fingerprint density at radius 3 is 2.84 bits per heavy atom. The molecule has 0 bridgehead atoms. The summed E-state index contributed by atoms with van der Waals surface area (Å²) in [6.45, 7) is 2.50. The summed E-state index contributed by atoms with van der Waals surface area (Å²) >= 11 is 7.84. The fourth-order valence-electron chi connectivity index (χ4n) is 4.24. The second-order valence-corrected chi connectivity index (χ2v) is 9.06. The van der Waals surface area contributed by atoms with Crippen LogP contribution in [0.1, 0.15) is 43.4 Å². The monoisotopic (exact) mass is 466 g/mol. The average Bonchev–Trinajstić information content (AvgIpc) is 3.21. The van der Waals surface area contributed by atoms with Crippen LogP contribution in [0, 0.1) is 0 Å². The van der Waals surface area contributed by atoms with Gasteiger partial charge in [-0.1, -0.05) is 59.8 Å². The molecule has 0 amide bonds. The number of rotatable bonds is 6. The second kappa shape index (κ2) is 9.00. The number of Topliss-reactive ketones (excluding diaryl/α,β-unsaturated/α-hetero) is 1. The van der Waals surface area contributed by atoms with Gasteiger partial charge in [0.05, 0.1) is 6.61 Å². The maximum atomic E-state index is 13.0. The molecule has 0 unspecified atom stereocenters. The van der Waals surface area contributed by atoms with Gasteiger partial charge in [-0.15, -0.1) is 5.10 Å². The lowest BCUT2D eigenvalue weighted by atomic mass is 9.85. The van der Waals surface area contributed by atoms with Crippen molar-refractivity contribution in [2.75, 3.05) is 11.9 Å². The van der Waals surface area contributed by atoms with Crippen LogP contribution in [-0.4, -0.2) is 27.2 Å². The van der Waals surface area contributed by atoms with Crippen LogP contribution in [0.2, 0.25) is 5.02 Å². The predicted octanol–water partition coefficient (Wildman–Crippen LogP) is 5.64. The van der Waals surface area contributed by atoms with E-state index in [1.54, 1.807) is 0 Å². The molecule has 0 fully saturated rings. The zero-order valence-electron chi connectivity index (χ0n) is 17.7. The standard InChI is InChI=1S/C24H23ClN4O2S/c1-2-31-20-13-6-4-9-16(20)22-21-18(11-7-12-19(21)30)26-23-27-24(28-29(22)23)32-14-15-8-3-5-10-17(15)25/h3-6,8-10,13,22H,2,7,11-12,14H2,1H3,(H,26,27,28)/t22-/m1/s1. The van der Waals surface area contributed by atoms with Gasteiger partial charge in [-0.25, -0.2) is 4.68 Å². The van der Waals surface area contributed by atoms with Crippen molar-refractivity contribution < 1.29 is 9.53 Å². The number of halogens is 1. The van der Waals surface area contributed by atoms with E-state index < -0.39 is 0 Å². The van der Waals surface area contributed by atoms with Crippen LogP contribution in [0.15, 0.2) is 65.0 Å². The Kier molecular flexibility index (Phi) is 5.93. The van der Waals surface area contributed by atoms with Crippen molar-refractivity contribution in [2.24, 2.45) is 0 Å². The molecule has 0 saturated carbocycles. The van der Waals surface area contributed by atoms with Gasteiger partial charge < -0.3 is 10.1 Å². The third kappa shape index (κ3) is 3.91. The van der Waals surface area contributed by atoms with Gasteiger partial charge in [0.1, 0.15) is 11.8 Å². The van der Waals surface area contributed by atoms with E-state index in [-0.39, 0.29) is 11.8 Å². The zero-order chi connectivity index (χ0) is 22.1. The number of ether oxygens (including phenoxy) is 1. The lowest BCUT2D eigenvalue weighted by Crippen LogP contribution is -2.31. The van der Waals surface area contributed by atoms with Crippen molar-refractivity contribution in [3.63, 3.8) is 0 Å². The highest BCUT2D eigenvalue weighted by Crippen LogP contribution is 2.43. The predicted molar refractivity (Wildman–Crippen MR) is 126 cm³/mol. The topological polar surface area (TPSA) is 69.0 Å². The molecule has 3 aromatic rings. The number of para-hydroxylation sites is 1. The zero-order valence-corrected chi connectivity index (χ0v) is 19.2. The fraction of sp³-hybridized carbons (Fsp3) is 0.292. The maximum absolute atomic E-state index is 13.0. The van der Waals surface area contributed by atoms with Crippen molar-refractivity contribution in [1.29, 1.82) is 0 Å². The molecule has 6 nitrogen and oxygen atoms in total. The van der Waals surface area contributed by atoms with Crippen molar-refractivity contribution in [2.45, 2.75) is 43.1 Å². The first-order valence-corrected chi connectivity index (χ1v) is 12.1. The average molecular weight is 467 g/mol. The van der Waals surface area contributed by atoms with Gasteiger partial charge in [0, 0.05) is 34.0 Å². The Hall–Kier alpha value is -2.77. The van der Waals surface area contributed by atoms with Crippen LogP contribution in [0.3, 0.4) is 0 Å². The number of fused-ring (bicyclic) bond motifs is 1. The van der Waals surface area contributed by atoms with E-state index >= 15 is 0 Å². The minimum atomic E-state index is -0.362. The third-order valence-electron chi connectivity index (χ3n) is 5.68. The second-order valence-electron chi connectivity index (χ2n) is 7.71. The molecule has 0 saturated heterocycles. The largest absolute Gasteiger partial charge is 0.494 e. The number of thioether (sulfide) groups is 1. The first-order chi connectivity index (χ1) is 15.7. The third-order valence-corrected chi connectivity index (χ3v) is 6.93. The van der Waals surface area contributed by atoms with Crippen molar-refractivity contribution in [3.8, 4) is 5.75 Å². The Labute approximate surface area is 196 Å². The lowest BCUT2D eigenvalue weighted by Gasteiger charge is -2.32. The number of anilines is 1. The van der Waals surface area contributed by atoms with E-state index in [4.69, 9.17) is 26.4 Å². The number of carbonyl (C=O) groups excluding carboxylic acids is 1. The van der Waals surface area contributed by atoms with Gasteiger partial charge in [0.25, 0.3) is 0 Å². The van der Waals surface area contributed by atoms with E-state index in [9.17, 15) is 4.79 Å². The molecular formula is C24H23ClN4O2S. The highest BCUT2D eigenvalue weighted by atomic mass is 35.5. The number of carbonyl (C=O) groups is 1. The van der Waals surface area contributed by atoms with Crippen molar-refractivity contribution >= 4 is 35.1 Å². The Morgan fingerprint density at radius 1 is 1.19 bits per heavy atom. The van der Waals surface area contributed by atoms with Gasteiger partial charge >= 0.3 is 0 Å². The molecule has 0 radical (unpaired) electrons. The summed E-state index contributed by atoms with van der Waals surface area (Å²) in [5.41, 5.74) is 3.67.